The number of amides is 3. The maximum Gasteiger partial charge on any atom is 0.251 e. The summed E-state index contributed by atoms with van der Waals surface area (Å²) in [5, 5.41) is 6.97. The summed E-state index contributed by atoms with van der Waals surface area (Å²) >= 11 is 0. The first kappa shape index (κ1) is 25.3. The summed E-state index contributed by atoms with van der Waals surface area (Å²) in [6.07, 6.45) is 0.294. The van der Waals surface area contributed by atoms with E-state index in [1.54, 1.807) is 24.3 Å². The van der Waals surface area contributed by atoms with Gasteiger partial charge in [0.1, 0.15) is 0 Å². The summed E-state index contributed by atoms with van der Waals surface area (Å²) in [7, 11) is 0. The largest absolute Gasteiger partial charge is 0.366 e. The van der Waals surface area contributed by atoms with E-state index in [2.05, 4.69) is 10.6 Å². The standard InChI is InChI=1S/C30H27N3O4/c1-19(34)32-18-27(35)26(17-20-7-3-2-4-8-20)33-30(37)23-13-11-22(12-14-23)25-16-15-21-9-5-6-10-24(21)28(25)29(31)36/h2-16,26H,17-18H2,1H3,(H2,31,36)(H,32,34)(H,33,37)/t26-/m0/s1. The van der Waals surface area contributed by atoms with Crippen LogP contribution in [0.4, 0.5) is 0 Å². The highest BCUT2D eigenvalue weighted by atomic mass is 16.2. The van der Waals surface area contributed by atoms with Crippen LogP contribution in [0.2, 0.25) is 0 Å². The highest BCUT2D eigenvalue weighted by Gasteiger charge is 2.22. The van der Waals surface area contributed by atoms with Gasteiger partial charge in [-0.1, -0.05) is 78.9 Å². The molecule has 4 aromatic carbocycles. The van der Waals surface area contributed by atoms with E-state index < -0.39 is 17.9 Å². The predicted molar refractivity (Wildman–Crippen MR) is 143 cm³/mol. The molecule has 0 fully saturated rings. The van der Waals surface area contributed by atoms with Gasteiger partial charge >= 0.3 is 0 Å². The lowest BCUT2D eigenvalue weighted by molar-refractivity contribution is -0.124. The minimum Gasteiger partial charge on any atom is -0.366 e. The van der Waals surface area contributed by atoms with E-state index in [1.165, 1.54) is 6.92 Å². The number of nitrogens with one attached hydrogen (secondary N) is 2. The summed E-state index contributed by atoms with van der Waals surface area (Å²) in [6, 6.07) is 26.6. The van der Waals surface area contributed by atoms with Crippen LogP contribution in [0.15, 0.2) is 91.0 Å². The molecule has 0 aliphatic carbocycles. The molecule has 37 heavy (non-hydrogen) atoms. The summed E-state index contributed by atoms with van der Waals surface area (Å²) < 4.78 is 0. The molecule has 7 nitrogen and oxygen atoms in total. The number of primary amides is 1. The molecule has 3 amide bonds. The summed E-state index contributed by atoms with van der Waals surface area (Å²) in [5.41, 5.74) is 8.79. The third-order valence-electron chi connectivity index (χ3n) is 6.12. The van der Waals surface area contributed by atoms with Crippen molar-refractivity contribution >= 4 is 34.3 Å². The summed E-state index contributed by atoms with van der Waals surface area (Å²) in [5.74, 6) is -1.57. The normalized spacial score (nSPS) is 11.5. The van der Waals surface area contributed by atoms with E-state index in [1.807, 2.05) is 66.7 Å². The van der Waals surface area contributed by atoms with Crippen molar-refractivity contribution in [3.8, 4) is 11.1 Å². The number of Topliss-reactive ketones (excluding diaryl/α,β-unsaturated/α-hetero) is 1. The maximum absolute atomic E-state index is 13.1. The molecule has 4 aromatic rings. The number of nitrogens with two attached hydrogens (primary N) is 1. The molecule has 0 aliphatic rings. The molecule has 0 heterocycles. The average Bonchev–Trinajstić information content (AvgIpc) is 2.91. The quantitative estimate of drug-likeness (QED) is 0.330. The first-order chi connectivity index (χ1) is 17.8. The average molecular weight is 494 g/mol. The van der Waals surface area contributed by atoms with Gasteiger partial charge < -0.3 is 16.4 Å². The zero-order chi connectivity index (χ0) is 26.4. The molecule has 1 atom stereocenters. The van der Waals surface area contributed by atoms with Crippen molar-refractivity contribution in [2.75, 3.05) is 6.54 Å². The smallest absolute Gasteiger partial charge is 0.251 e. The second kappa shape index (κ2) is 11.3. The van der Waals surface area contributed by atoms with Gasteiger partial charge in [-0.3, -0.25) is 19.2 Å². The van der Waals surface area contributed by atoms with Gasteiger partial charge in [0.2, 0.25) is 11.8 Å². The van der Waals surface area contributed by atoms with Crippen LogP contribution in [-0.4, -0.2) is 36.1 Å². The van der Waals surface area contributed by atoms with Crippen LogP contribution in [0, 0.1) is 0 Å². The van der Waals surface area contributed by atoms with Crippen molar-refractivity contribution in [1.82, 2.24) is 10.6 Å². The van der Waals surface area contributed by atoms with Crippen LogP contribution >= 0.6 is 0 Å². The van der Waals surface area contributed by atoms with E-state index in [0.29, 0.717) is 23.1 Å². The monoisotopic (exact) mass is 493 g/mol. The van der Waals surface area contributed by atoms with Gasteiger partial charge in [0, 0.05) is 12.5 Å². The fraction of sp³-hybridized carbons (Fsp3) is 0.133. The van der Waals surface area contributed by atoms with Crippen molar-refractivity contribution in [2.24, 2.45) is 5.73 Å². The number of hydrogen-bond acceptors (Lipinski definition) is 4. The van der Waals surface area contributed by atoms with Gasteiger partial charge in [0.25, 0.3) is 5.91 Å². The van der Waals surface area contributed by atoms with Gasteiger partial charge in [-0.2, -0.15) is 0 Å². The number of carbonyl (C=O) groups excluding carboxylic acids is 4. The van der Waals surface area contributed by atoms with E-state index in [4.69, 9.17) is 5.73 Å². The second-order valence-corrected chi connectivity index (χ2v) is 8.74. The van der Waals surface area contributed by atoms with Crippen LogP contribution in [0.5, 0.6) is 0 Å². The van der Waals surface area contributed by atoms with Crippen LogP contribution in [0.3, 0.4) is 0 Å². The summed E-state index contributed by atoms with van der Waals surface area (Å²) in [6.45, 7) is 1.16. The van der Waals surface area contributed by atoms with Gasteiger partial charge in [-0.15, -0.1) is 0 Å². The number of ketones is 1. The maximum atomic E-state index is 13.1. The Labute approximate surface area is 214 Å². The molecule has 4 rings (SSSR count). The van der Waals surface area contributed by atoms with E-state index in [-0.39, 0.29) is 18.2 Å². The fourth-order valence-corrected chi connectivity index (χ4v) is 4.25. The first-order valence-electron chi connectivity index (χ1n) is 11.9. The Balaban J connectivity index is 1.57. The van der Waals surface area contributed by atoms with E-state index in [0.717, 1.165) is 21.9 Å². The minimum atomic E-state index is -0.816. The molecule has 0 aromatic heterocycles. The van der Waals surface area contributed by atoms with Crippen LogP contribution < -0.4 is 16.4 Å². The molecule has 0 spiro atoms. The number of carbonyl (C=O) groups is 4. The van der Waals surface area contributed by atoms with Crippen molar-refractivity contribution in [2.45, 2.75) is 19.4 Å². The van der Waals surface area contributed by atoms with Gasteiger partial charge in [-0.25, -0.2) is 0 Å². The Bertz CT molecular complexity index is 1460. The van der Waals surface area contributed by atoms with Crippen molar-refractivity contribution < 1.29 is 19.2 Å². The predicted octanol–water partition coefficient (Wildman–Crippen LogP) is 3.65. The third kappa shape index (κ3) is 6.08. The minimum absolute atomic E-state index is 0.177. The second-order valence-electron chi connectivity index (χ2n) is 8.74. The van der Waals surface area contributed by atoms with Crippen LogP contribution in [-0.2, 0) is 16.0 Å². The molecule has 0 unspecified atom stereocenters. The number of fused-ring (bicyclic) bond motifs is 1. The topological polar surface area (TPSA) is 118 Å². The molecule has 7 heteroatoms. The van der Waals surface area contributed by atoms with Gasteiger partial charge in [-0.05, 0) is 46.0 Å². The third-order valence-corrected chi connectivity index (χ3v) is 6.12. The molecule has 186 valence electrons. The van der Waals surface area contributed by atoms with E-state index >= 15 is 0 Å². The zero-order valence-electron chi connectivity index (χ0n) is 20.4. The molecule has 0 aliphatic heterocycles. The molecule has 4 N–H and O–H groups in total. The fourth-order valence-electron chi connectivity index (χ4n) is 4.25. The molecule has 0 saturated heterocycles. The molecular formula is C30H27N3O4. The number of rotatable bonds is 9. The lowest BCUT2D eigenvalue weighted by Crippen LogP contribution is -2.46. The Morgan fingerprint density at radius 1 is 0.811 bits per heavy atom. The Morgan fingerprint density at radius 2 is 1.49 bits per heavy atom. The van der Waals surface area contributed by atoms with Gasteiger partial charge in [0.15, 0.2) is 5.78 Å². The first-order valence-corrected chi connectivity index (χ1v) is 11.9. The Kier molecular flexibility index (Phi) is 7.74. The Morgan fingerprint density at radius 3 is 2.16 bits per heavy atom. The van der Waals surface area contributed by atoms with Crippen LogP contribution in [0.25, 0.3) is 21.9 Å². The number of benzene rings is 4. The molecule has 0 saturated carbocycles. The highest BCUT2D eigenvalue weighted by Crippen LogP contribution is 2.30. The SMILES string of the molecule is CC(=O)NCC(=O)[C@H](Cc1ccccc1)NC(=O)c1ccc(-c2ccc3ccccc3c2C(N)=O)cc1. The molecule has 0 radical (unpaired) electrons. The Hall–Kier alpha value is -4.78. The molecule has 0 bridgehead atoms. The number of hydrogen-bond donors (Lipinski definition) is 3. The lowest BCUT2D eigenvalue weighted by Gasteiger charge is -2.18. The zero-order valence-corrected chi connectivity index (χ0v) is 20.4. The summed E-state index contributed by atoms with van der Waals surface area (Å²) in [4.78, 5) is 49.4. The van der Waals surface area contributed by atoms with Crippen LogP contribution in [0.1, 0.15) is 33.2 Å². The van der Waals surface area contributed by atoms with Crippen molar-refractivity contribution in [1.29, 1.82) is 0 Å². The highest BCUT2D eigenvalue weighted by molar-refractivity contribution is 6.12. The molecular weight excluding hydrogens is 466 g/mol. The van der Waals surface area contributed by atoms with Crippen molar-refractivity contribution in [3.63, 3.8) is 0 Å². The van der Waals surface area contributed by atoms with Gasteiger partial charge in [0.05, 0.1) is 18.2 Å². The lowest BCUT2D eigenvalue weighted by atomic mass is 9.93. The van der Waals surface area contributed by atoms with Crippen molar-refractivity contribution in [3.05, 3.63) is 108 Å². The van der Waals surface area contributed by atoms with E-state index in [9.17, 15) is 19.2 Å².